The summed E-state index contributed by atoms with van der Waals surface area (Å²) in [7, 11) is 0. The van der Waals surface area contributed by atoms with Crippen LogP contribution in [0, 0.1) is 6.92 Å². The lowest BCUT2D eigenvalue weighted by molar-refractivity contribution is 0.567. The summed E-state index contributed by atoms with van der Waals surface area (Å²) in [4.78, 5) is 0. The Bertz CT molecular complexity index is 345. The Morgan fingerprint density at radius 2 is 1.40 bits per heavy atom. The van der Waals surface area contributed by atoms with E-state index in [4.69, 9.17) is 0 Å². The fraction of sp³-hybridized carbons (Fsp3) is 0.533. The highest BCUT2D eigenvalue weighted by Crippen LogP contribution is 2.30. The molecule has 1 aromatic carbocycles. The second-order valence-corrected chi connectivity index (χ2v) is 6.37. The molecule has 83 valence electrons. The molecule has 1 aromatic rings. The molecule has 0 nitrogen and oxygen atoms in total. The van der Waals surface area contributed by atoms with Crippen LogP contribution in [0.1, 0.15) is 58.2 Å². The Hall–Kier alpha value is -0.780. The van der Waals surface area contributed by atoms with Crippen LogP contribution in [-0.4, -0.2) is 0 Å². The van der Waals surface area contributed by atoms with E-state index in [0.29, 0.717) is 0 Å². The molecule has 0 bridgehead atoms. The SMILES string of the molecule is [CH2]c1ccc(C(C)(C)C)cc1C(C)(C)C. The quantitative estimate of drug-likeness (QED) is 0.584. The first kappa shape index (κ1) is 12.3. The average Bonchev–Trinajstić information content (AvgIpc) is 2.00. The molecule has 0 aliphatic rings. The summed E-state index contributed by atoms with van der Waals surface area (Å²) in [6.45, 7) is 17.6. The van der Waals surface area contributed by atoms with Gasteiger partial charge < -0.3 is 0 Å². The molecule has 0 spiro atoms. The van der Waals surface area contributed by atoms with Crippen molar-refractivity contribution in [3.8, 4) is 0 Å². The third-order valence-electron chi connectivity index (χ3n) is 2.78. The maximum absolute atomic E-state index is 4.11. The van der Waals surface area contributed by atoms with Crippen molar-refractivity contribution in [1.82, 2.24) is 0 Å². The topological polar surface area (TPSA) is 0 Å². The van der Waals surface area contributed by atoms with Gasteiger partial charge in [-0.25, -0.2) is 0 Å². The fourth-order valence-corrected chi connectivity index (χ4v) is 1.74. The van der Waals surface area contributed by atoms with Crippen LogP contribution in [0.25, 0.3) is 0 Å². The second kappa shape index (κ2) is 3.66. The molecule has 1 rings (SSSR count). The first-order chi connectivity index (χ1) is 6.62. The van der Waals surface area contributed by atoms with E-state index in [1.165, 1.54) is 11.1 Å². The third-order valence-corrected chi connectivity index (χ3v) is 2.78. The van der Waals surface area contributed by atoms with Crippen LogP contribution in [0.4, 0.5) is 0 Å². The molecular weight excluding hydrogens is 180 g/mol. The number of rotatable bonds is 0. The van der Waals surface area contributed by atoms with Gasteiger partial charge in [0.1, 0.15) is 0 Å². The summed E-state index contributed by atoms with van der Waals surface area (Å²) in [6.07, 6.45) is 0. The Morgan fingerprint density at radius 3 is 1.80 bits per heavy atom. The lowest BCUT2D eigenvalue weighted by Crippen LogP contribution is -2.17. The van der Waals surface area contributed by atoms with E-state index in [1.54, 1.807) is 0 Å². The van der Waals surface area contributed by atoms with Crippen molar-refractivity contribution in [3.63, 3.8) is 0 Å². The van der Waals surface area contributed by atoms with Gasteiger partial charge in [0.2, 0.25) is 0 Å². The van der Waals surface area contributed by atoms with Crippen molar-refractivity contribution in [2.75, 3.05) is 0 Å². The van der Waals surface area contributed by atoms with E-state index >= 15 is 0 Å². The van der Waals surface area contributed by atoms with Crippen LogP contribution in [0.3, 0.4) is 0 Å². The van der Waals surface area contributed by atoms with Crippen molar-refractivity contribution >= 4 is 0 Å². The molecule has 0 unspecified atom stereocenters. The normalized spacial score (nSPS) is 13.0. The molecule has 0 N–H and O–H groups in total. The van der Waals surface area contributed by atoms with Gasteiger partial charge in [-0.3, -0.25) is 0 Å². The van der Waals surface area contributed by atoms with Crippen LogP contribution in [0.2, 0.25) is 0 Å². The van der Waals surface area contributed by atoms with Gasteiger partial charge in [0.15, 0.2) is 0 Å². The van der Waals surface area contributed by atoms with Crippen LogP contribution in [0.5, 0.6) is 0 Å². The Labute approximate surface area is 94.7 Å². The molecule has 0 saturated heterocycles. The van der Waals surface area contributed by atoms with Crippen LogP contribution < -0.4 is 0 Å². The minimum absolute atomic E-state index is 0.179. The summed E-state index contributed by atoms with van der Waals surface area (Å²) in [5.74, 6) is 0. The van der Waals surface area contributed by atoms with E-state index in [2.05, 4.69) is 66.7 Å². The van der Waals surface area contributed by atoms with E-state index in [0.717, 1.165) is 5.56 Å². The predicted molar refractivity (Wildman–Crippen MR) is 68.3 cm³/mol. The molecule has 0 heterocycles. The van der Waals surface area contributed by atoms with Crippen molar-refractivity contribution in [2.24, 2.45) is 0 Å². The zero-order valence-corrected chi connectivity index (χ0v) is 10.9. The highest BCUT2D eigenvalue weighted by Gasteiger charge is 2.20. The number of hydrogen-bond acceptors (Lipinski definition) is 0. The molecule has 0 heteroatoms. The molecule has 0 aliphatic heterocycles. The largest absolute Gasteiger partial charge is 0.0584 e. The Balaban J connectivity index is 3.30. The van der Waals surface area contributed by atoms with Gasteiger partial charge >= 0.3 is 0 Å². The van der Waals surface area contributed by atoms with Crippen LogP contribution >= 0.6 is 0 Å². The van der Waals surface area contributed by atoms with Gasteiger partial charge in [0, 0.05) is 0 Å². The first-order valence-electron chi connectivity index (χ1n) is 5.59. The fourth-order valence-electron chi connectivity index (χ4n) is 1.74. The highest BCUT2D eigenvalue weighted by molar-refractivity contribution is 5.40. The molecule has 0 aromatic heterocycles. The van der Waals surface area contributed by atoms with Crippen LogP contribution in [-0.2, 0) is 10.8 Å². The van der Waals surface area contributed by atoms with Crippen molar-refractivity contribution in [1.29, 1.82) is 0 Å². The molecule has 0 amide bonds. The van der Waals surface area contributed by atoms with E-state index in [-0.39, 0.29) is 10.8 Å². The Morgan fingerprint density at radius 1 is 0.867 bits per heavy atom. The molecule has 0 fully saturated rings. The lowest BCUT2D eigenvalue weighted by atomic mass is 9.79. The molecule has 15 heavy (non-hydrogen) atoms. The maximum atomic E-state index is 4.11. The van der Waals surface area contributed by atoms with Crippen LogP contribution in [0.15, 0.2) is 18.2 Å². The summed E-state index contributed by atoms with van der Waals surface area (Å²) in [6, 6.07) is 6.64. The van der Waals surface area contributed by atoms with Gasteiger partial charge in [-0.2, -0.15) is 0 Å². The van der Waals surface area contributed by atoms with Gasteiger partial charge in [-0.05, 0) is 34.4 Å². The van der Waals surface area contributed by atoms with E-state index < -0.39 is 0 Å². The Kier molecular flexibility index (Phi) is 3.00. The molecule has 1 radical (unpaired) electrons. The zero-order valence-electron chi connectivity index (χ0n) is 10.9. The second-order valence-electron chi connectivity index (χ2n) is 6.37. The highest BCUT2D eigenvalue weighted by atomic mass is 14.2. The molecular formula is C15H23. The molecule has 0 aliphatic carbocycles. The smallest absolute Gasteiger partial charge is 0.0129 e. The van der Waals surface area contributed by atoms with Gasteiger partial charge in [-0.15, -0.1) is 0 Å². The average molecular weight is 203 g/mol. The summed E-state index contributed by atoms with van der Waals surface area (Å²) < 4.78 is 0. The van der Waals surface area contributed by atoms with Gasteiger partial charge in [0.05, 0.1) is 0 Å². The van der Waals surface area contributed by atoms with E-state index in [1.807, 2.05) is 0 Å². The third kappa shape index (κ3) is 2.84. The van der Waals surface area contributed by atoms with Gasteiger partial charge in [0.25, 0.3) is 0 Å². The summed E-state index contributed by atoms with van der Waals surface area (Å²) >= 11 is 0. The van der Waals surface area contributed by atoms with E-state index in [9.17, 15) is 0 Å². The lowest BCUT2D eigenvalue weighted by Gasteiger charge is -2.26. The number of hydrogen-bond donors (Lipinski definition) is 0. The van der Waals surface area contributed by atoms with Gasteiger partial charge in [-0.1, -0.05) is 59.7 Å². The van der Waals surface area contributed by atoms with Crippen molar-refractivity contribution < 1.29 is 0 Å². The molecule has 0 atom stereocenters. The molecule has 0 saturated carbocycles. The predicted octanol–water partition coefficient (Wildman–Crippen LogP) is 4.46. The first-order valence-corrected chi connectivity index (χ1v) is 5.59. The van der Waals surface area contributed by atoms with Crippen molar-refractivity contribution in [2.45, 2.75) is 52.4 Å². The monoisotopic (exact) mass is 203 g/mol. The minimum Gasteiger partial charge on any atom is -0.0584 e. The summed E-state index contributed by atoms with van der Waals surface area (Å²) in [5.41, 5.74) is 4.29. The number of benzene rings is 1. The summed E-state index contributed by atoms with van der Waals surface area (Å²) in [5, 5.41) is 0. The minimum atomic E-state index is 0.179. The standard InChI is InChI=1S/C15H23/c1-11-8-9-12(14(2,3)4)10-13(11)15(5,6)7/h8-10H,1H2,2-7H3. The zero-order chi connectivity index (χ0) is 11.9. The van der Waals surface area contributed by atoms with Crippen molar-refractivity contribution in [3.05, 3.63) is 41.8 Å². The maximum Gasteiger partial charge on any atom is -0.0129 e.